The maximum absolute atomic E-state index is 12.8. The lowest BCUT2D eigenvalue weighted by atomic mass is 9.55. The van der Waals surface area contributed by atoms with Crippen LogP contribution in [0.1, 0.15) is 68.2 Å². The van der Waals surface area contributed by atoms with Crippen LogP contribution in [-0.4, -0.2) is 37.4 Å². The van der Waals surface area contributed by atoms with Crippen LogP contribution in [-0.2, 0) is 23.8 Å². The van der Waals surface area contributed by atoms with Crippen molar-refractivity contribution in [1.82, 2.24) is 0 Å². The van der Waals surface area contributed by atoms with Gasteiger partial charge < -0.3 is 14.2 Å². The Kier molecular flexibility index (Phi) is 6.13. The van der Waals surface area contributed by atoms with Gasteiger partial charge in [0.15, 0.2) is 6.61 Å². The number of ether oxygens (including phenoxy) is 3. The molecule has 5 heteroatoms. The molecule has 1 rings (SSSR count). The summed E-state index contributed by atoms with van der Waals surface area (Å²) >= 11 is 0. The van der Waals surface area contributed by atoms with Crippen molar-refractivity contribution >= 4 is 11.9 Å². The molecule has 140 valence electrons. The van der Waals surface area contributed by atoms with Crippen molar-refractivity contribution in [3.63, 3.8) is 0 Å². The Balaban J connectivity index is 2.71. The average molecular weight is 342 g/mol. The first-order valence-electron chi connectivity index (χ1n) is 8.70. The summed E-state index contributed by atoms with van der Waals surface area (Å²) in [5, 5.41) is 0. The molecule has 0 aromatic rings. The monoisotopic (exact) mass is 342 g/mol. The van der Waals surface area contributed by atoms with Crippen molar-refractivity contribution in [3.05, 3.63) is 0 Å². The third-order valence-corrected chi connectivity index (χ3v) is 5.64. The molecule has 0 N–H and O–H groups in total. The van der Waals surface area contributed by atoms with E-state index in [4.69, 9.17) is 14.2 Å². The molecule has 1 aliphatic rings. The van der Waals surface area contributed by atoms with Gasteiger partial charge in [-0.15, -0.1) is 0 Å². The van der Waals surface area contributed by atoms with Crippen LogP contribution in [0.2, 0.25) is 0 Å². The lowest BCUT2D eigenvalue weighted by Gasteiger charge is -2.48. The summed E-state index contributed by atoms with van der Waals surface area (Å²) in [6, 6.07) is 0. The van der Waals surface area contributed by atoms with E-state index in [0.717, 1.165) is 0 Å². The van der Waals surface area contributed by atoms with E-state index < -0.39 is 17.0 Å². The van der Waals surface area contributed by atoms with E-state index in [9.17, 15) is 9.59 Å². The second kappa shape index (κ2) is 7.03. The Morgan fingerprint density at radius 1 is 0.958 bits per heavy atom. The second-order valence-corrected chi connectivity index (χ2v) is 9.24. The molecule has 1 heterocycles. The first kappa shape index (κ1) is 20.9. The number of rotatable bonds is 4. The second-order valence-electron chi connectivity index (χ2n) is 9.24. The third kappa shape index (κ3) is 4.50. The van der Waals surface area contributed by atoms with Crippen LogP contribution in [0.15, 0.2) is 0 Å². The number of esters is 2. The van der Waals surface area contributed by atoms with Crippen LogP contribution >= 0.6 is 0 Å². The molecule has 0 aromatic heterocycles. The average Bonchev–Trinajstić information content (AvgIpc) is 2.41. The fourth-order valence-corrected chi connectivity index (χ4v) is 3.22. The maximum atomic E-state index is 12.8. The maximum Gasteiger partial charge on any atom is 0.344 e. The summed E-state index contributed by atoms with van der Waals surface area (Å²) in [5.41, 5.74) is -1.88. The highest BCUT2D eigenvalue weighted by molar-refractivity contribution is 5.81. The largest absolute Gasteiger partial charge is 0.457 e. The Morgan fingerprint density at radius 3 is 1.83 bits per heavy atom. The van der Waals surface area contributed by atoms with Crippen molar-refractivity contribution in [2.24, 2.45) is 16.2 Å². The van der Waals surface area contributed by atoms with E-state index >= 15 is 0 Å². The fraction of sp³-hybridized carbons (Fsp3) is 0.895. The highest BCUT2D eigenvalue weighted by atomic mass is 16.6. The molecular formula is C19H34O5. The Labute approximate surface area is 146 Å². The van der Waals surface area contributed by atoms with E-state index in [1.54, 1.807) is 0 Å². The van der Waals surface area contributed by atoms with E-state index in [1.807, 2.05) is 55.4 Å². The van der Waals surface area contributed by atoms with Gasteiger partial charge in [0, 0.05) is 12.8 Å². The van der Waals surface area contributed by atoms with E-state index in [2.05, 4.69) is 0 Å². The van der Waals surface area contributed by atoms with E-state index in [1.165, 1.54) is 0 Å². The van der Waals surface area contributed by atoms with Crippen LogP contribution in [0.5, 0.6) is 0 Å². The van der Waals surface area contributed by atoms with Gasteiger partial charge in [-0.1, -0.05) is 41.5 Å². The van der Waals surface area contributed by atoms with Crippen LogP contribution < -0.4 is 0 Å². The summed E-state index contributed by atoms with van der Waals surface area (Å²) in [6.07, 6.45) is 1.32. The first-order valence-corrected chi connectivity index (χ1v) is 8.70. The lowest BCUT2D eigenvalue weighted by Crippen LogP contribution is -2.51. The lowest BCUT2D eigenvalue weighted by molar-refractivity contribution is -0.186. The molecular weight excluding hydrogens is 308 g/mol. The predicted molar refractivity (Wildman–Crippen MR) is 92.5 cm³/mol. The van der Waals surface area contributed by atoms with Crippen molar-refractivity contribution in [2.75, 3.05) is 19.8 Å². The van der Waals surface area contributed by atoms with Crippen molar-refractivity contribution in [2.45, 2.75) is 73.8 Å². The molecule has 1 fully saturated rings. The minimum Gasteiger partial charge on any atom is -0.457 e. The minimum atomic E-state index is -0.733. The molecule has 1 aliphatic heterocycles. The number of hydrogen-bond acceptors (Lipinski definition) is 5. The van der Waals surface area contributed by atoms with Crippen molar-refractivity contribution < 1.29 is 23.8 Å². The fourth-order valence-electron chi connectivity index (χ4n) is 3.22. The summed E-state index contributed by atoms with van der Waals surface area (Å²) in [6.45, 7) is 16.7. The highest BCUT2D eigenvalue weighted by Gasteiger charge is 2.53. The predicted octanol–water partition coefficient (Wildman–Crippen LogP) is 3.74. The molecule has 0 spiro atoms. The number of hydrogen-bond donors (Lipinski definition) is 0. The smallest absolute Gasteiger partial charge is 0.344 e. The van der Waals surface area contributed by atoms with Gasteiger partial charge in [0.1, 0.15) is 5.60 Å². The Morgan fingerprint density at radius 2 is 1.42 bits per heavy atom. The first-order chi connectivity index (χ1) is 10.7. The molecule has 24 heavy (non-hydrogen) atoms. The minimum absolute atomic E-state index is 0.307. The standard InChI is InChI=1S/C19H34O5/c1-16(2,3)19(8,17(4,5)6)15(21)23-13-14(20)24-18(7)9-11-22-12-10-18/h9-13H2,1-8H3. The van der Waals surface area contributed by atoms with Crippen LogP contribution in [0.4, 0.5) is 0 Å². The molecule has 0 atom stereocenters. The van der Waals surface area contributed by atoms with E-state index in [-0.39, 0.29) is 23.4 Å². The molecule has 0 saturated carbocycles. The number of carbonyl (C=O) groups is 2. The van der Waals surface area contributed by atoms with Gasteiger partial charge in [0.25, 0.3) is 0 Å². The summed E-state index contributed by atoms with van der Waals surface area (Å²) in [4.78, 5) is 24.9. The van der Waals surface area contributed by atoms with Crippen LogP contribution in [0.25, 0.3) is 0 Å². The van der Waals surface area contributed by atoms with Crippen LogP contribution in [0.3, 0.4) is 0 Å². The van der Waals surface area contributed by atoms with Gasteiger partial charge in [0.05, 0.1) is 18.6 Å². The molecule has 0 unspecified atom stereocenters. The van der Waals surface area contributed by atoms with Crippen LogP contribution in [0, 0.1) is 16.2 Å². The Hall–Kier alpha value is -1.10. The quantitative estimate of drug-likeness (QED) is 0.728. The van der Waals surface area contributed by atoms with Gasteiger partial charge in [-0.3, -0.25) is 4.79 Å². The number of carbonyl (C=O) groups excluding carboxylic acids is 2. The zero-order valence-electron chi connectivity index (χ0n) is 16.6. The SMILES string of the molecule is CC1(OC(=O)COC(=O)C(C)(C(C)(C)C)C(C)(C)C)CCOCC1. The molecule has 5 nitrogen and oxygen atoms in total. The summed E-state index contributed by atoms with van der Waals surface area (Å²) in [7, 11) is 0. The van der Waals surface area contributed by atoms with Gasteiger partial charge in [-0.05, 0) is 24.7 Å². The summed E-state index contributed by atoms with van der Waals surface area (Å²) < 4.78 is 16.2. The van der Waals surface area contributed by atoms with Gasteiger partial charge >= 0.3 is 11.9 Å². The van der Waals surface area contributed by atoms with Gasteiger partial charge in [0.2, 0.25) is 0 Å². The van der Waals surface area contributed by atoms with Gasteiger partial charge in [-0.25, -0.2) is 4.79 Å². The zero-order valence-corrected chi connectivity index (χ0v) is 16.6. The van der Waals surface area contributed by atoms with E-state index in [0.29, 0.717) is 26.1 Å². The topological polar surface area (TPSA) is 61.8 Å². The Bertz CT molecular complexity index is 447. The normalized spacial score (nSPS) is 18.8. The summed E-state index contributed by atoms with van der Waals surface area (Å²) in [5.74, 6) is -0.866. The van der Waals surface area contributed by atoms with Gasteiger partial charge in [-0.2, -0.15) is 0 Å². The molecule has 1 saturated heterocycles. The molecule has 0 amide bonds. The van der Waals surface area contributed by atoms with Crippen molar-refractivity contribution in [1.29, 1.82) is 0 Å². The molecule has 0 bridgehead atoms. The third-order valence-electron chi connectivity index (χ3n) is 5.64. The zero-order chi connectivity index (χ0) is 18.8. The van der Waals surface area contributed by atoms with Crippen molar-refractivity contribution in [3.8, 4) is 0 Å². The molecule has 0 aliphatic carbocycles. The molecule has 0 aromatic carbocycles. The highest BCUT2D eigenvalue weighted by Crippen LogP contribution is 2.52. The molecule has 0 radical (unpaired) electrons.